The molecule has 0 heterocycles. The van der Waals surface area contributed by atoms with Gasteiger partial charge in [-0.2, -0.15) is 0 Å². The lowest BCUT2D eigenvalue weighted by Crippen LogP contribution is -2.21. The highest BCUT2D eigenvalue weighted by atomic mass is 16.3. The number of hydrogen-bond donors (Lipinski definition) is 2. The van der Waals surface area contributed by atoms with Crippen molar-refractivity contribution in [3.63, 3.8) is 0 Å². The minimum absolute atomic E-state index is 0.0112. The third-order valence-electron chi connectivity index (χ3n) is 2.99. The predicted molar refractivity (Wildman–Crippen MR) is 66.4 cm³/mol. The fraction of sp³-hybridized carbons (Fsp3) is 0.571. The third kappa shape index (κ3) is 3.95. The summed E-state index contributed by atoms with van der Waals surface area (Å²) in [6.07, 6.45) is 3.67. The van der Waals surface area contributed by atoms with Crippen molar-refractivity contribution < 1.29 is 10.2 Å². The summed E-state index contributed by atoms with van der Waals surface area (Å²) in [5.41, 5.74) is 1.02. The zero-order valence-electron chi connectivity index (χ0n) is 9.97. The number of aliphatic hydroxyl groups is 2. The molecule has 0 saturated carbocycles. The lowest BCUT2D eigenvalue weighted by Gasteiger charge is -2.21. The molecule has 2 unspecified atom stereocenters. The van der Waals surface area contributed by atoms with Crippen LogP contribution in [0.1, 0.15) is 44.1 Å². The summed E-state index contributed by atoms with van der Waals surface area (Å²) in [5.74, 6) is -0.141. The van der Waals surface area contributed by atoms with Crippen LogP contribution in [0.4, 0.5) is 0 Å². The average Bonchev–Trinajstić information content (AvgIpc) is 2.32. The van der Waals surface area contributed by atoms with Gasteiger partial charge < -0.3 is 10.2 Å². The molecule has 0 aliphatic heterocycles. The van der Waals surface area contributed by atoms with Crippen LogP contribution in [0, 0.1) is 0 Å². The molecule has 0 aromatic heterocycles. The minimum Gasteiger partial charge on any atom is -0.396 e. The number of unbranched alkanes of at least 4 members (excludes halogenated alkanes) is 2. The van der Waals surface area contributed by atoms with E-state index in [4.69, 9.17) is 0 Å². The smallest absolute Gasteiger partial charge is 0.0630 e. The summed E-state index contributed by atoms with van der Waals surface area (Å²) in [5, 5.41) is 19.4. The Bertz CT molecular complexity index is 271. The van der Waals surface area contributed by atoms with Gasteiger partial charge in [0.1, 0.15) is 0 Å². The second-order valence-electron chi connectivity index (χ2n) is 4.26. The molecule has 0 spiro atoms. The lowest BCUT2D eigenvalue weighted by molar-refractivity contribution is 0.0967. The van der Waals surface area contributed by atoms with Crippen molar-refractivity contribution in [3.05, 3.63) is 35.9 Å². The standard InChI is InChI=1S/C14H22O2/c1-2-3-5-10-14(16)13(11-15)12-8-6-4-7-9-12/h4,6-9,13-16H,2-3,5,10-11H2,1H3. The number of benzene rings is 1. The van der Waals surface area contributed by atoms with Crippen molar-refractivity contribution in [1.29, 1.82) is 0 Å². The van der Waals surface area contributed by atoms with Crippen molar-refractivity contribution in [2.45, 2.75) is 44.6 Å². The molecule has 0 bridgehead atoms. The molecule has 16 heavy (non-hydrogen) atoms. The summed E-state index contributed by atoms with van der Waals surface area (Å²) in [7, 11) is 0. The number of rotatable bonds is 7. The van der Waals surface area contributed by atoms with Gasteiger partial charge in [0.25, 0.3) is 0 Å². The van der Waals surface area contributed by atoms with Gasteiger partial charge >= 0.3 is 0 Å². The van der Waals surface area contributed by atoms with Crippen LogP contribution in [-0.4, -0.2) is 22.9 Å². The van der Waals surface area contributed by atoms with E-state index in [0.717, 1.165) is 31.2 Å². The lowest BCUT2D eigenvalue weighted by atomic mass is 9.91. The first-order chi connectivity index (χ1) is 7.79. The molecule has 2 heteroatoms. The second kappa shape index (κ2) is 7.42. The van der Waals surface area contributed by atoms with Gasteiger partial charge in [-0.3, -0.25) is 0 Å². The molecular formula is C14H22O2. The quantitative estimate of drug-likeness (QED) is 0.696. The van der Waals surface area contributed by atoms with Crippen LogP contribution in [0.15, 0.2) is 30.3 Å². The second-order valence-corrected chi connectivity index (χ2v) is 4.26. The maximum atomic E-state index is 10.0. The van der Waals surface area contributed by atoms with Crippen molar-refractivity contribution in [2.75, 3.05) is 6.61 Å². The number of aliphatic hydroxyl groups excluding tert-OH is 2. The molecule has 0 radical (unpaired) electrons. The maximum Gasteiger partial charge on any atom is 0.0630 e. The molecule has 1 aromatic carbocycles. The molecule has 0 saturated heterocycles. The Labute approximate surface area is 97.9 Å². The molecule has 2 atom stereocenters. The van der Waals surface area contributed by atoms with Gasteiger partial charge in [-0.05, 0) is 12.0 Å². The van der Waals surface area contributed by atoms with Gasteiger partial charge in [-0.25, -0.2) is 0 Å². The van der Waals surface area contributed by atoms with Crippen LogP contribution < -0.4 is 0 Å². The fourth-order valence-corrected chi connectivity index (χ4v) is 1.95. The molecule has 1 rings (SSSR count). The number of hydrogen-bond acceptors (Lipinski definition) is 2. The van der Waals surface area contributed by atoms with Crippen molar-refractivity contribution >= 4 is 0 Å². The highest BCUT2D eigenvalue weighted by Crippen LogP contribution is 2.22. The van der Waals surface area contributed by atoms with E-state index in [2.05, 4.69) is 6.92 Å². The summed E-state index contributed by atoms with van der Waals surface area (Å²) in [6, 6.07) is 9.75. The Kier molecular flexibility index (Phi) is 6.12. The molecular weight excluding hydrogens is 200 g/mol. The molecule has 0 fully saturated rings. The zero-order valence-corrected chi connectivity index (χ0v) is 9.97. The minimum atomic E-state index is -0.432. The molecule has 2 nitrogen and oxygen atoms in total. The summed E-state index contributed by atoms with van der Waals surface area (Å²) in [4.78, 5) is 0. The van der Waals surface area contributed by atoms with Crippen LogP contribution in [-0.2, 0) is 0 Å². The normalized spacial score (nSPS) is 14.7. The first kappa shape index (κ1) is 13.2. The monoisotopic (exact) mass is 222 g/mol. The topological polar surface area (TPSA) is 40.5 Å². The van der Waals surface area contributed by atoms with E-state index >= 15 is 0 Å². The molecule has 1 aromatic rings. The Hall–Kier alpha value is -0.860. The van der Waals surface area contributed by atoms with E-state index < -0.39 is 6.10 Å². The first-order valence-corrected chi connectivity index (χ1v) is 6.13. The van der Waals surface area contributed by atoms with Gasteiger partial charge in [-0.15, -0.1) is 0 Å². The van der Waals surface area contributed by atoms with Gasteiger partial charge in [0, 0.05) is 5.92 Å². The van der Waals surface area contributed by atoms with Crippen LogP contribution >= 0.6 is 0 Å². The molecule has 0 aliphatic carbocycles. The Morgan fingerprint density at radius 2 is 1.81 bits per heavy atom. The Balaban J connectivity index is 2.53. The van der Waals surface area contributed by atoms with Crippen LogP contribution in [0.2, 0.25) is 0 Å². The van der Waals surface area contributed by atoms with E-state index in [1.54, 1.807) is 0 Å². The van der Waals surface area contributed by atoms with E-state index in [1.807, 2.05) is 30.3 Å². The summed E-state index contributed by atoms with van der Waals surface area (Å²) < 4.78 is 0. The highest BCUT2D eigenvalue weighted by molar-refractivity contribution is 5.20. The van der Waals surface area contributed by atoms with Crippen LogP contribution in [0.5, 0.6) is 0 Å². The van der Waals surface area contributed by atoms with Gasteiger partial charge in [0.2, 0.25) is 0 Å². The highest BCUT2D eigenvalue weighted by Gasteiger charge is 2.19. The molecule has 0 aliphatic rings. The summed E-state index contributed by atoms with van der Waals surface area (Å²) in [6.45, 7) is 2.16. The van der Waals surface area contributed by atoms with E-state index in [0.29, 0.717) is 0 Å². The molecule has 0 amide bonds. The Morgan fingerprint density at radius 3 is 2.38 bits per heavy atom. The van der Waals surface area contributed by atoms with Gasteiger partial charge in [-0.1, -0.05) is 56.5 Å². The summed E-state index contributed by atoms with van der Waals surface area (Å²) >= 11 is 0. The predicted octanol–water partition coefficient (Wildman–Crippen LogP) is 2.70. The third-order valence-corrected chi connectivity index (χ3v) is 2.99. The largest absolute Gasteiger partial charge is 0.396 e. The van der Waals surface area contributed by atoms with Gasteiger partial charge in [0.05, 0.1) is 12.7 Å². The SMILES string of the molecule is CCCCCC(O)C(CO)c1ccccc1. The van der Waals surface area contributed by atoms with Crippen LogP contribution in [0.3, 0.4) is 0 Å². The van der Waals surface area contributed by atoms with Crippen molar-refractivity contribution in [2.24, 2.45) is 0 Å². The van der Waals surface area contributed by atoms with E-state index in [9.17, 15) is 10.2 Å². The van der Waals surface area contributed by atoms with E-state index in [-0.39, 0.29) is 12.5 Å². The van der Waals surface area contributed by atoms with E-state index in [1.165, 1.54) is 0 Å². The van der Waals surface area contributed by atoms with Crippen molar-refractivity contribution in [3.8, 4) is 0 Å². The Morgan fingerprint density at radius 1 is 1.12 bits per heavy atom. The maximum absolute atomic E-state index is 10.0. The van der Waals surface area contributed by atoms with Crippen molar-refractivity contribution in [1.82, 2.24) is 0 Å². The van der Waals surface area contributed by atoms with Gasteiger partial charge in [0.15, 0.2) is 0 Å². The van der Waals surface area contributed by atoms with Crippen LogP contribution in [0.25, 0.3) is 0 Å². The fourth-order valence-electron chi connectivity index (χ4n) is 1.95. The first-order valence-electron chi connectivity index (χ1n) is 6.13. The zero-order chi connectivity index (χ0) is 11.8. The average molecular weight is 222 g/mol. The molecule has 90 valence electrons. The molecule has 2 N–H and O–H groups in total.